The predicted molar refractivity (Wildman–Crippen MR) is 110 cm³/mol. The van der Waals surface area contributed by atoms with Crippen molar-refractivity contribution in [2.75, 3.05) is 26.7 Å². The number of amides is 1. The summed E-state index contributed by atoms with van der Waals surface area (Å²) in [5.41, 5.74) is 1.33. The Balaban J connectivity index is 1.36. The number of likely N-dealkylation sites (N-methyl/N-ethyl adjacent to an activating group) is 1. The van der Waals surface area contributed by atoms with Crippen LogP contribution in [-0.4, -0.2) is 58.8 Å². The highest BCUT2D eigenvalue weighted by Gasteiger charge is 2.41. The van der Waals surface area contributed by atoms with Crippen LogP contribution in [0.25, 0.3) is 0 Å². The Morgan fingerprint density at radius 3 is 2.79 bits per heavy atom. The summed E-state index contributed by atoms with van der Waals surface area (Å²) in [5, 5.41) is 0. The first-order chi connectivity index (χ1) is 14.0. The fraction of sp³-hybridized carbons (Fsp3) is 0.435. The standard InChI is InChI=1S/C23H27N3O3/c1-25(16-18-7-11-24-12-8-18)17-22(28)26-13-4-9-23(10-14-26)15-20(27)19-5-2-3-6-21(19)29-23/h2-3,5-8,11-12H,4,9-10,13-17H2,1H3. The number of hydrogen-bond donors (Lipinski definition) is 0. The molecule has 1 aromatic carbocycles. The Morgan fingerprint density at radius 1 is 1.17 bits per heavy atom. The zero-order chi connectivity index (χ0) is 20.3. The molecule has 152 valence electrons. The molecule has 4 rings (SSSR count). The van der Waals surface area contributed by atoms with Crippen LogP contribution in [0.2, 0.25) is 0 Å². The van der Waals surface area contributed by atoms with E-state index in [0.717, 1.165) is 18.4 Å². The van der Waals surface area contributed by atoms with E-state index in [1.807, 2.05) is 53.2 Å². The third-order valence-corrected chi connectivity index (χ3v) is 5.85. The third-order valence-electron chi connectivity index (χ3n) is 5.85. The Bertz CT molecular complexity index is 886. The largest absolute Gasteiger partial charge is 0.486 e. The molecule has 1 fully saturated rings. The van der Waals surface area contributed by atoms with E-state index < -0.39 is 5.60 Å². The molecule has 0 N–H and O–H groups in total. The minimum atomic E-state index is -0.483. The number of benzene rings is 1. The first-order valence-electron chi connectivity index (χ1n) is 10.2. The van der Waals surface area contributed by atoms with E-state index in [-0.39, 0.29) is 11.7 Å². The summed E-state index contributed by atoms with van der Waals surface area (Å²) >= 11 is 0. The molecule has 3 heterocycles. The van der Waals surface area contributed by atoms with Crippen molar-refractivity contribution in [1.29, 1.82) is 0 Å². The van der Waals surface area contributed by atoms with Crippen LogP contribution in [0.4, 0.5) is 0 Å². The molecule has 0 aliphatic carbocycles. The van der Waals surface area contributed by atoms with Crippen molar-refractivity contribution in [3.8, 4) is 5.75 Å². The van der Waals surface area contributed by atoms with E-state index >= 15 is 0 Å². The number of fused-ring (bicyclic) bond motifs is 1. The second-order valence-electron chi connectivity index (χ2n) is 8.14. The van der Waals surface area contributed by atoms with Crippen LogP contribution in [0.3, 0.4) is 0 Å². The molecular formula is C23H27N3O3. The van der Waals surface area contributed by atoms with Crippen LogP contribution < -0.4 is 4.74 Å². The summed E-state index contributed by atoms with van der Waals surface area (Å²) < 4.78 is 6.32. The maximum Gasteiger partial charge on any atom is 0.236 e. The van der Waals surface area contributed by atoms with E-state index in [9.17, 15) is 9.59 Å². The molecule has 2 aromatic rings. The number of hydrogen-bond acceptors (Lipinski definition) is 5. The van der Waals surface area contributed by atoms with E-state index in [1.54, 1.807) is 12.4 Å². The minimum absolute atomic E-state index is 0.126. The van der Waals surface area contributed by atoms with Gasteiger partial charge in [-0.1, -0.05) is 12.1 Å². The van der Waals surface area contributed by atoms with Gasteiger partial charge in [0.1, 0.15) is 11.4 Å². The van der Waals surface area contributed by atoms with Gasteiger partial charge in [0.15, 0.2) is 5.78 Å². The molecule has 0 bridgehead atoms. The third kappa shape index (κ3) is 4.48. The topological polar surface area (TPSA) is 62.7 Å². The van der Waals surface area contributed by atoms with Crippen LogP contribution in [-0.2, 0) is 11.3 Å². The maximum atomic E-state index is 12.8. The van der Waals surface area contributed by atoms with Crippen molar-refractivity contribution < 1.29 is 14.3 Å². The predicted octanol–water partition coefficient (Wildman–Crippen LogP) is 2.93. The summed E-state index contributed by atoms with van der Waals surface area (Å²) in [5.74, 6) is 0.950. The van der Waals surface area contributed by atoms with Gasteiger partial charge in [0.05, 0.1) is 18.5 Å². The lowest BCUT2D eigenvalue weighted by molar-refractivity contribution is -0.132. The number of carbonyl (C=O) groups is 2. The summed E-state index contributed by atoms with van der Waals surface area (Å²) in [6, 6.07) is 11.4. The van der Waals surface area contributed by atoms with Crippen molar-refractivity contribution in [2.24, 2.45) is 0 Å². The molecule has 1 spiro atoms. The SMILES string of the molecule is CN(CC(=O)N1CCCC2(CC1)CC(=O)c1ccccc1O2)Cc1ccncc1. The van der Waals surface area contributed by atoms with Crippen molar-refractivity contribution >= 4 is 11.7 Å². The Kier molecular flexibility index (Phi) is 5.62. The molecule has 2 aliphatic heterocycles. The lowest BCUT2D eigenvalue weighted by atomic mass is 9.84. The minimum Gasteiger partial charge on any atom is -0.486 e. The highest BCUT2D eigenvalue weighted by atomic mass is 16.5. The lowest BCUT2D eigenvalue weighted by Gasteiger charge is -2.37. The van der Waals surface area contributed by atoms with Crippen LogP contribution in [0.5, 0.6) is 5.75 Å². The van der Waals surface area contributed by atoms with Crippen LogP contribution >= 0.6 is 0 Å². The number of aromatic nitrogens is 1. The number of para-hydroxylation sites is 1. The van der Waals surface area contributed by atoms with E-state index in [4.69, 9.17) is 4.74 Å². The van der Waals surface area contributed by atoms with Gasteiger partial charge in [-0.15, -0.1) is 0 Å². The van der Waals surface area contributed by atoms with Gasteiger partial charge in [0.2, 0.25) is 5.91 Å². The number of likely N-dealkylation sites (tertiary alicyclic amines) is 1. The van der Waals surface area contributed by atoms with Gasteiger partial charge in [-0.05, 0) is 49.7 Å². The molecule has 1 aromatic heterocycles. The van der Waals surface area contributed by atoms with Gasteiger partial charge in [-0.25, -0.2) is 0 Å². The van der Waals surface area contributed by atoms with Crippen molar-refractivity contribution in [2.45, 2.75) is 37.8 Å². The first-order valence-corrected chi connectivity index (χ1v) is 10.2. The number of pyridine rings is 1. The highest BCUT2D eigenvalue weighted by Crippen LogP contribution is 2.39. The second-order valence-corrected chi connectivity index (χ2v) is 8.14. The first kappa shape index (κ1) is 19.6. The van der Waals surface area contributed by atoms with Crippen LogP contribution in [0.15, 0.2) is 48.8 Å². The second kappa shape index (κ2) is 8.33. The summed E-state index contributed by atoms with van der Waals surface area (Å²) in [6.07, 6.45) is 6.26. The van der Waals surface area contributed by atoms with Gasteiger partial charge in [-0.3, -0.25) is 19.5 Å². The summed E-state index contributed by atoms with van der Waals surface area (Å²) in [6.45, 7) is 2.42. The summed E-state index contributed by atoms with van der Waals surface area (Å²) in [4.78, 5) is 33.5. The molecule has 0 saturated carbocycles. The number of ketones is 1. The lowest BCUT2D eigenvalue weighted by Crippen LogP contribution is -2.44. The zero-order valence-corrected chi connectivity index (χ0v) is 16.8. The van der Waals surface area contributed by atoms with E-state index in [0.29, 0.717) is 50.3 Å². The molecule has 6 nitrogen and oxygen atoms in total. The molecule has 1 amide bonds. The smallest absolute Gasteiger partial charge is 0.236 e. The van der Waals surface area contributed by atoms with Crippen molar-refractivity contribution in [3.05, 3.63) is 59.9 Å². The molecular weight excluding hydrogens is 366 g/mol. The quantitative estimate of drug-likeness (QED) is 0.799. The molecule has 0 radical (unpaired) electrons. The van der Waals surface area contributed by atoms with Gasteiger partial charge in [0, 0.05) is 38.4 Å². The Hall–Kier alpha value is -2.73. The average molecular weight is 393 g/mol. The number of rotatable bonds is 4. The number of Topliss-reactive ketones (excluding diaryl/α,β-unsaturated/α-hetero) is 1. The van der Waals surface area contributed by atoms with Gasteiger partial charge in [-0.2, -0.15) is 0 Å². The number of carbonyl (C=O) groups excluding carboxylic acids is 2. The molecule has 1 atom stereocenters. The Morgan fingerprint density at radius 2 is 1.97 bits per heavy atom. The average Bonchev–Trinajstić information content (AvgIpc) is 2.91. The van der Waals surface area contributed by atoms with Crippen LogP contribution in [0, 0.1) is 0 Å². The van der Waals surface area contributed by atoms with Crippen molar-refractivity contribution in [3.63, 3.8) is 0 Å². The van der Waals surface area contributed by atoms with Gasteiger partial charge < -0.3 is 9.64 Å². The van der Waals surface area contributed by atoms with Crippen molar-refractivity contribution in [1.82, 2.24) is 14.8 Å². The summed E-state index contributed by atoms with van der Waals surface area (Å²) in [7, 11) is 1.96. The van der Waals surface area contributed by atoms with E-state index in [2.05, 4.69) is 4.98 Å². The Labute approximate surface area is 171 Å². The maximum absolute atomic E-state index is 12.8. The molecule has 29 heavy (non-hydrogen) atoms. The monoisotopic (exact) mass is 393 g/mol. The fourth-order valence-corrected chi connectivity index (χ4v) is 4.33. The van der Waals surface area contributed by atoms with Crippen LogP contribution in [0.1, 0.15) is 41.6 Å². The molecule has 6 heteroatoms. The normalized spacial score (nSPS) is 21.6. The van der Waals surface area contributed by atoms with Gasteiger partial charge in [0.25, 0.3) is 0 Å². The highest BCUT2D eigenvalue weighted by molar-refractivity contribution is 6.00. The van der Waals surface area contributed by atoms with E-state index in [1.165, 1.54) is 0 Å². The molecule has 1 unspecified atom stereocenters. The molecule has 2 aliphatic rings. The molecule has 1 saturated heterocycles. The number of nitrogens with zero attached hydrogens (tertiary/aromatic N) is 3. The zero-order valence-electron chi connectivity index (χ0n) is 16.8. The van der Waals surface area contributed by atoms with Gasteiger partial charge >= 0.3 is 0 Å². The fourth-order valence-electron chi connectivity index (χ4n) is 4.33. The number of ether oxygens (including phenoxy) is 1.